The quantitative estimate of drug-likeness (QED) is 0.918. The highest BCUT2D eigenvalue weighted by atomic mass is 19.1. The SMILES string of the molecule is CC(C)N(CC1CCCCN1)C(=O)c1ccccc1F. The summed E-state index contributed by atoms with van der Waals surface area (Å²) in [6.45, 7) is 5.60. The lowest BCUT2D eigenvalue weighted by Gasteiger charge is -2.33. The van der Waals surface area contributed by atoms with Crippen LogP contribution in [0.4, 0.5) is 4.39 Å². The zero-order chi connectivity index (χ0) is 14.5. The molecular weight excluding hydrogens is 255 g/mol. The molecule has 1 amide bonds. The molecule has 20 heavy (non-hydrogen) atoms. The first-order valence-corrected chi connectivity index (χ1v) is 7.38. The Hall–Kier alpha value is -1.42. The number of nitrogens with one attached hydrogen (secondary N) is 1. The van der Waals surface area contributed by atoms with Crippen molar-refractivity contribution < 1.29 is 9.18 Å². The largest absolute Gasteiger partial charge is 0.335 e. The van der Waals surface area contributed by atoms with Crippen LogP contribution in [0.25, 0.3) is 0 Å². The number of amides is 1. The zero-order valence-electron chi connectivity index (χ0n) is 12.2. The first-order chi connectivity index (χ1) is 9.59. The summed E-state index contributed by atoms with van der Waals surface area (Å²) in [5, 5.41) is 3.44. The molecule has 1 fully saturated rings. The topological polar surface area (TPSA) is 32.3 Å². The van der Waals surface area contributed by atoms with Gasteiger partial charge in [0, 0.05) is 18.6 Å². The number of hydrogen-bond acceptors (Lipinski definition) is 2. The maximum absolute atomic E-state index is 13.8. The Morgan fingerprint density at radius 3 is 2.75 bits per heavy atom. The van der Waals surface area contributed by atoms with Gasteiger partial charge in [0.05, 0.1) is 5.56 Å². The number of piperidine rings is 1. The van der Waals surface area contributed by atoms with Crippen molar-refractivity contribution >= 4 is 5.91 Å². The number of benzene rings is 1. The minimum atomic E-state index is -0.445. The Morgan fingerprint density at radius 2 is 2.15 bits per heavy atom. The minimum Gasteiger partial charge on any atom is -0.335 e. The third-order valence-electron chi connectivity index (χ3n) is 3.82. The summed E-state index contributed by atoms with van der Waals surface area (Å²) >= 11 is 0. The zero-order valence-corrected chi connectivity index (χ0v) is 12.2. The van der Waals surface area contributed by atoms with Crippen molar-refractivity contribution in [3.8, 4) is 0 Å². The average molecular weight is 278 g/mol. The van der Waals surface area contributed by atoms with E-state index in [1.807, 2.05) is 13.8 Å². The molecule has 0 bridgehead atoms. The number of hydrogen-bond donors (Lipinski definition) is 1. The Bertz CT molecular complexity index is 456. The molecule has 110 valence electrons. The Kier molecular flexibility index (Phi) is 5.12. The molecule has 3 nitrogen and oxygen atoms in total. The minimum absolute atomic E-state index is 0.0610. The smallest absolute Gasteiger partial charge is 0.257 e. The predicted octanol–water partition coefficient (Wildman–Crippen LogP) is 2.82. The third kappa shape index (κ3) is 3.57. The van der Waals surface area contributed by atoms with Crippen LogP contribution in [-0.4, -0.2) is 36.0 Å². The summed E-state index contributed by atoms with van der Waals surface area (Å²) < 4.78 is 13.8. The molecule has 1 aromatic carbocycles. The van der Waals surface area contributed by atoms with E-state index in [1.165, 1.54) is 18.9 Å². The lowest BCUT2D eigenvalue weighted by molar-refractivity contribution is 0.0672. The van der Waals surface area contributed by atoms with E-state index in [0.717, 1.165) is 13.0 Å². The summed E-state index contributed by atoms with van der Waals surface area (Å²) in [7, 11) is 0. The van der Waals surface area contributed by atoms with Crippen molar-refractivity contribution in [2.24, 2.45) is 0 Å². The third-order valence-corrected chi connectivity index (χ3v) is 3.82. The average Bonchev–Trinajstić information content (AvgIpc) is 2.45. The van der Waals surface area contributed by atoms with Crippen molar-refractivity contribution in [3.63, 3.8) is 0 Å². The van der Waals surface area contributed by atoms with Crippen LogP contribution in [0.2, 0.25) is 0 Å². The van der Waals surface area contributed by atoms with E-state index >= 15 is 0 Å². The molecule has 1 atom stereocenters. The fraction of sp³-hybridized carbons (Fsp3) is 0.562. The van der Waals surface area contributed by atoms with Crippen LogP contribution in [-0.2, 0) is 0 Å². The van der Waals surface area contributed by atoms with Gasteiger partial charge in [-0.15, -0.1) is 0 Å². The van der Waals surface area contributed by atoms with Gasteiger partial charge in [-0.25, -0.2) is 4.39 Å². The van der Waals surface area contributed by atoms with E-state index < -0.39 is 5.82 Å². The summed E-state index contributed by atoms with van der Waals surface area (Å²) in [4.78, 5) is 14.3. The number of nitrogens with zero attached hydrogens (tertiary/aromatic N) is 1. The Labute approximate surface area is 120 Å². The van der Waals surface area contributed by atoms with Crippen molar-refractivity contribution in [2.75, 3.05) is 13.1 Å². The molecular formula is C16H23FN2O. The van der Waals surface area contributed by atoms with Crippen molar-refractivity contribution in [2.45, 2.75) is 45.2 Å². The van der Waals surface area contributed by atoms with Crippen LogP contribution in [0, 0.1) is 5.82 Å². The molecule has 4 heteroatoms. The van der Waals surface area contributed by atoms with Crippen LogP contribution < -0.4 is 5.32 Å². The lowest BCUT2D eigenvalue weighted by atomic mass is 10.0. The summed E-state index contributed by atoms with van der Waals surface area (Å²) in [5.41, 5.74) is 0.164. The van der Waals surface area contributed by atoms with Gasteiger partial charge in [0.1, 0.15) is 5.82 Å². The molecule has 1 unspecified atom stereocenters. The maximum atomic E-state index is 13.8. The highest BCUT2D eigenvalue weighted by Gasteiger charge is 2.25. The fourth-order valence-corrected chi connectivity index (χ4v) is 2.63. The summed E-state index contributed by atoms with van der Waals surface area (Å²) in [6, 6.07) is 6.58. The highest BCUT2D eigenvalue weighted by molar-refractivity contribution is 5.94. The van der Waals surface area contributed by atoms with Gasteiger partial charge in [0.15, 0.2) is 0 Å². The number of rotatable bonds is 4. The first kappa shape index (κ1) is 15.0. The van der Waals surface area contributed by atoms with Crippen LogP contribution >= 0.6 is 0 Å². The molecule has 1 aliphatic rings. The summed E-state index contributed by atoms with van der Waals surface area (Å²) in [6.07, 6.45) is 3.46. The molecule has 1 N–H and O–H groups in total. The summed E-state index contributed by atoms with van der Waals surface area (Å²) in [5.74, 6) is -0.662. The van der Waals surface area contributed by atoms with Gasteiger partial charge in [0.2, 0.25) is 0 Å². The van der Waals surface area contributed by atoms with Gasteiger partial charge < -0.3 is 10.2 Å². The predicted molar refractivity (Wildman–Crippen MR) is 78.2 cm³/mol. The van der Waals surface area contributed by atoms with E-state index in [4.69, 9.17) is 0 Å². The first-order valence-electron chi connectivity index (χ1n) is 7.38. The fourth-order valence-electron chi connectivity index (χ4n) is 2.63. The second-order valence-corrected chi connectivity index (χ2v) is 5.68. The molecule has 0 aromatic heterocycles. The van der Waals surface area contributed by atoms with Crippen molar-refractivity contribution in [3.05, 3.63) is 35.6 Å². The van der Waals surface area contributed by atoms with E-state index in [2.05, 4.69) is 5.32 Å². The second-order valence-electron chi connectivity index (χ2n) is 5.68. The van der Waals surface area contributed by atoms with Gasteiger partial charge in [-0.2, -0.15) is 0 Å². The van der Waals surface area contributed by atoms with Crippen LogP contribution in [0.15, 0.2) is 24.3 Å². The van der Waals surface area contributed by atoms with Gasteiger partial charge in [-0.05, 0) is 45.4 Å². The monoisotopic (exact) mass is 278 g/mol. The molecule has 1 aromatic rings. The number of carbonyl (C=O) groups excluding carboxylic acids is 1. The molecule has 0 radical (unpaired) electrons. The van der Waals surface area contributed by atoms with Gasteiger partial charge in [0.25, 0.3) is 5.91 Å². The normalized spacial score (nSPS) is 19.1. The maximum Gasteiger partial charge on any atom is 0.257 e. The van der Waals surface area contributed by atoms with Crippen molar-refractivity contribution in [1.82, 2.24) is 10.2 Å². The van der Waals surface area contributed by atoms with E-state index in [-0.39, 0.29) is 17.5 Å². The molecule has 0 saturated carbocycles. The Morgan fingerprint density at radius 1 is 1.40 bits per heavy atom. The van der Waals surface area contributed by atoms with Gasteiger partial charge in [-0.3, -0.25) is 4.79 Å². The van der Waals surface area contributed by atoms with E-state index in [9.17, 15) is 9.18 Å². The number of carbonyl (C=O) groups is 1. The molecule has 1 saturated heterocycles. The Balaban J connectivity index is 2.11. The highest BCUT2D eigenvalue weighted by Crippen LogP contribution is 2.15. The van der Waals surface area contributed by atoms with Crippen LogP contribution in [0.5, 0.6) is 0 Å². The molecule has 0 spiro atoms. The molecule has 1 aliphatic heterocycles. The molecule has 2 rings (SSSR count). The van der Waals surface area contributed by atoms with E-state index in [1.54, 1.807) is 23.1 Å². The number of halogens is 1. The molecule has 0 aliphatic carbocycles. The van der Waals surface area contributed by atoms with Gasteiger partial charge in [-0.1, -0.05) is 18.6 Å². The second kappa shape index (κ2) is 6.84. The van der Waals surface area contributed by atoms with Crippen LogP contribution in [0.1, 0.15) is 43.5 Å². The standard InChI is InChI=1S/C16H23FN2O/c1-12(2)19(11-13-7-5-6-10-18-13)16(20)14-8-3-4-9-15(14)17/h3-4,8-9,12-13,18H,5-7,10-11H2,1-2H3. The molecule has 1 heterocycles. The van der Waals surface area contributed by atoms with Crippen molar-refractivity contribution in [1.29, 1.82) is 0 Å². The van der Waals surface area contributed by atoms with E-state index in [0.29, 0.717) is 12.6 Å². The lowest BCUT2D eigenvalue weighted by Crippen LogP contribution is -2.48. The van der Waals surface area contributed by atoms with Gasteiger partial charge >= 0.3 is 0 Å². The van der Waals surface area contributed by atoms with Crippen LogP contribution in [0.3, 0.4) is 0 Å².